The van der Waals surface area contributed by atoms with Crippen LogP contribution in [0.1, 0.15) is 0 Å². The minimum Gasteiger partial charge on any atom is -0.351 e. The highest BCUT2D eigenvalue weighted by Crippen LogP contribution is 1.52. The van der Waals surface area contributed by atoms with Crippen LogP contribution in [0.2, 0.25) is 0 Å². The number of hydrogen-bond acceptors (Lipinski definition) is 3. The fourth-order valence-electron chi connectivity index (χ4n) is 0. The second-order valence-electron chi connectivity index (χ2n) is 1.07. The molecule has 0 aliphatic carbocycles. The van der Waals surface area contributed by atoms with Gasteiger partial charge in [0.15, 0.2) is 12.5 Å². The lowest BCUT2D eigenvalue weighted by molar-refractivity contribution is -0.115. The molecular formula is C3H7NO2S. The van der Waals surface area contributed by atoms with Crippen LogP contribution in [0.3, 0.4) is 0 Å². The summed E-state index contributed by atoms with van der Waals surface area (Å²) in [6, 6.07) is 0. The molecule has 0 unspecified atom stereocenters. The monoisotopic (exact) mass is 121 g/mol. The summed E-state index contributed by atoms with van der Waals surface area (Å²) in [7, 11) is 3.38. The van der Waals surface area contributed by atoms with E-state index >= 15 is 0 Å². The zero-order chi connectivity index (χ0) is 6.28. The van der Waals surface area contributed by atoms with Crippen LogP contribution in [0, 0.1) is 0 Å². The average Bonchev–Trinajstić information content (AvgIpc) is 1.73. The second-order valence-corrected chi connectivity index (χ2v) is 1.07. The largest absolute Gasteiger partial charge is 0.351 e. The molecule has 0 aliphatic rings. The van der Waals surface area contributed by atoms with Crippen molar-refractivity contribution < 1.29 is 9.00 Å². The van der Waals surface area contributed by atoms with Gasteiger partial charge < -0.3 is 4.90 Å². The van der Waals surface area contributed by atoms with Gasteiger partial charge in [0.1, 0.15) is 0 Å². The highest BCUT2D eigenvalue weighted by Gasteiger charge is 1.68. The van der Waals surface area contributed by atoms with Crippen molar-refractivity contribution in [3.8, 4) is 0 Å². The molecular weight excluding hydrogens is 114 g/mol. The molecule has 0 aromatic heterocycles. The van der Waals surface area contributed by atoms with Gasteiger partial charge in [0.2, 0.25) is 6.41 Å². The van der Waals surface area contributed by atoms with E-state index in [-0.39, 0.29) is 0 Å². The highest BCUT2D eigenvalue weighted by molar-refractivity contribution is 7.44. The molecule has 0 spiro atoms. The zero-order valence-electron chi connectivity index (χ0n) is 4.25. The summed E-state index contributed by atoms with van der Waals surface area (Å²) >= 11 is 2.83. The van der Waals surface area contributed by atoms with Crippen LogP contribution in [0.5, 0.6) is 0 Å². The smallest absolute Gasteiger partial charge is 0.209 e. The van der Waals surface area contributed by atoms with Crippen molar-refractivity contribution in [3.05, 3.63) is 0 Å². The molecule has 0 rings (SSSR count). The number of carbonyl (C=O) groups excluding carboxylic acids is 1. The lowest BCUT2D eigenvalue weighted by atomic mass is 11.0. The molecule has 42 valence electrons. The first-order valence-electron chi connectivity index (χ1n) is 1.55. The molecule has 7 heavy (non-hydrogen) atoms. The predicted octanol–water partition coefficient (Wildman–Crippen LogP) is -0.632. The van der Waals surface area contributed by atoms with Gasteiger partial charge in [-0.05, 0) is 0 Å². The molecule has 0 bridgehead atoms. The van der Waals surface area contributed by atoms with Crippen molar-refractivity contribution in [2.45, 2.75) is 0 Å². The fraction of sp³-hybridized carbons (Fsp3) is 0.667. The van der Waals surface area contributed by atoms with Gasteiger partial charge in [-0.15, -0.1) is 0 Å². The van der Waals surface area contributed by atoms with E-state index in [1.54, 1.807) is 14.1 Å². The van der Waals surface area contributed by atoms with E-state index in [2.05, 4.69) is 12.5 Å². The first-order valence-corrected chi connectivity index (χ1v) is 1.89. The molecule has 4 heteroatoms. The third kappa shape index (κ3) is 30.1. The molecule has 0 aliphatic heterocycles. The Morgan fingerprint density at radius 3 is 1.57 bits per heavy atom. The third-order valence-electron chi connectivity index (χ3n) is 0.211. The van der Waals surface area contributed by atoms with Gasteiger partial charge in [-0.25, -0.2) is 0 Å². The summed E-state index contributed by atoms with van der Waals surface area (Å²) in [5.41, 5.74) is 0. The van der Waals surface area contributed by atoms with E-state index in [0.717, 1.165) is 6.41 Å². The molecule has 1 amide bonds. The topological polar surface area (TPSA) is 37.4 Å². The molecule has 0 atom stereocenters. The minimum absolute atomic E-state index is 0.750. The Hall–Kier alpha value is -0.510. The Kier molecular flexibility index (Phi) is 12.6. The average molecular weight is 121 g/mol. The zero-order valence-corrected chi connectivity index (χ0v) is 5.07. The highest BCUT2D eigenvalue weighted by atomic mass is 32.1. The summed E-state index contributed by atoms with van der Waals surface area (Å²) in [6.45, 7) is 0. The molecule has 0 aromatic rings. The van der Waals surface area contributed by atoms with Crippen LogP contribution in [-0.2, 0) is 17.3 Å². The second kappa shape index (κ2) is 9.09. The van der Waals surface area contributed by atoms with Crippen molar-refractivity contribution in [1.29, 1.82) is 0 Å². The summed E-state index contributed by atoms with van der Waals surface area (Å²) in [5, 5.41) is 0. The molecule has 0 radical (unpaired) electrons. The van der Waals surface area contributed by atoms with E-state index < -0.39 is 0 Å². The van der Waals surface area contributed by atoms with Crippen LogP contribution in [0.4, 0.5) is 0 Å². The number of carbonyl (C=O) groups is 1. The first-order chi connectivity index (χ1) is 3.27. The van der Waals surface area contributed by atoms with Crippen LogP contribution in [-0.4, -0.2) is 29.6 Å². The standard InChI is InChI=1S/C3H7NO.OS/c1-4(2)3-5;1-2/h3H,1-2H3;. The summed E-state index contributed by atoms with van der Waals surface area (Å²) in [5.74, 6) is 0. The maximum absolute atomic E-state index is 9.43. The van der Waals surface area contributed by atoms with E-state index in [1.807, 2.05) is 0 Å². The summed E-state index contributed by atoms with van der Waals surface area (Å²) in [6.07, 6.45) is 0.750. The van der Waals surface area contributed by atoms with Crippen molar-refractivity contribution in [3.63, 3.8) is 0 Å². The lowest BCUT2D eigenvalue weighted by Crippen LogP contribution is -2.06. The van der Waals surface area contributed by atoms with E-state index in [4.69, 9.17) is 4.21 Å². The summed E-state index contributed by atoms with van der Waals surface area (Å²) in [4.78, 5) is 10.9. The Labute approximate surface area is 47.8 Å². The lowest BCUT2D eigenvalue weighted by Gasteiger charge is -1.93. The quantitative estimate of drug-likeness (QED) is 0.433. The van der Waals surface area contributed by atoms with Crippen molar-refractivity contribution in [1.82, 2.24) is 4.90 Å². The maximum Gasteiger partial charge on any atom is 0.209 e. The fourth-order valence-corrected chi connectivity index (χ4v) is 0. The van der Waals surface area contributed by atoms with Gasteiger partial charge >= 0.3 is 0 Å². The number of hydrogen-bond donors (Lipinski definition) is 0. The number of rotatable bonds is 1. The Balaban J connectivity index is 0. The van der Waals surface area contributed by atoms with E-state index in [1.165, 1.54) is 4.90 Å². The van der Waals surface area contributed by atoms with Gasteiger partial charge in [0.05, 0.1) is 0 Å². The minimum atomic E-state index is 0.750. The van der Waals surface area contributed by atoms with E-state index in [0.29, 0.717) is 0 Å². The van der Waals surface area contributed by atoms with Crippen LogP contribution >= 0.6 is 0 Å². The van der Waals surface area contributed by atoms with E-state index in [9.17, 15) is 4.79 Å². The number of amides is 1. The van der Waals surface area contributed by atoms with Crippen LogP contribution in [0.15, 0.2) is 0 Å². The molecule has 3 nitrogen and oxygen atoms in total. The predicted molar refractivity (Wildman–Crippen MR) is 27.9 cm³/mol. The number of nitrogens with zero attached hydrogens (tertiary/aromatic N) is 1. The third-order valence-corrected chi connectivity index (χ3v) is 0.211. The molecule has 0 fully saturated rings. The molecule has 0 N–H and O–H groups in total. The normalized spacial score (nSPS) is 5.43. The van der Waals surface area contributed by atoms with Crippen LogP contribution < -0.4 is 0 Å². The van der Waals surface area contributed by atoms with Crippen molar-refractivity contribution in [2.75, 3.05) is 14.1 Å². The van der Waals surface area contributed by atoms with Crippen LogP contribution in [0.25, 0.3) is 0 Å². The Bertz CT molecular complexity index is 48.2. The maximum atomic E-state index is 9.43. The Morgan fingerprint density at radius 1 is 1.43 bits per heavy atom. The van der Waals surface area contributed by atoms with Gasteiger partial charge in [0, 0.05) is 14.1 Å². The SMILES string of the molecule is CN(C)C=O.O=S. The molecule has 0 saturated carbocycles. The Morgan fingerprint density at radius 2 is 1.57 bits per heavy atom. The van der Waals surface area contributed by atoms with Gasteiger partial charge in [-0.1, -0.05) is 0 Å². The van der Waals surface area contributed by atoms with Crippen molar-refractivity contribution >= 4 is 18.9 Å². The first kappa shape index (κ1) is 9.70. The van der Waals surface area contributed by atoms with Gasteiger partial charge in [0.25, 0.3) is 0 Å². The van der Waals surface area contributed by atoms with Gasteiger partial charge in [-0.2, -0.15) is 4.21 Å². The molecule has 0 heterocycles. The van der Waals surface area contributed by atoms with Crippen molar-refractivity contribution in [2.24, 2.45) is 0 Å². The van der Waals surface area contributed by atoms with Gasteiger partial charge in [-0.3, -0.25) is 4.79 Å². The molecule has 0 aromatic carbocycles. The molecule has 0 saturated heterocycles. The summed E-state index contributed by atoms with van der Waals surface area (Å²) < 4.78 is 7.83.